The van der Waals surface area contributed by atoms with Crippen molar-refractivity contribution in [2.24, 2.45) is 0 Å². The average Bonchev–Trinajstić information content (AvgIpc) is 2.63. The highest BCUT2D eigenvalue weighted by Crippen LogP contribution is 2.18. The maximum absolute atomic E-state index is 10.4. The highest BCUT2D eigenvalue weighted by Gasteiger charge is 2.25. The van der Waals surface area contributed by atoms with Crippen LogP contribution in [0.1, 0.15) is 24.3 Å². The Labute approximate surface area is 144 Å². The monoisotopic (exact) mass is 325 g/mol. The molecule has 2 unspecified atom stereocenters. The second-order valence-electron chi connectivity index (χ2n) is 6.64. The van der Waals surface area contributed by atoms with Crippen LogP contribution < -0.4 is 0 Å². The van der Waals surface area contributed by atoms with Crippen molar-refractivity contribution in [3.63, 3.8) is 0 Å². The summed E-state index contributed by atoms with van der Waals surface area (Å²) in [6.07, 6.45) is 2.45. The van der Waals surface area contributed by atoms with Gasteiger partial charge in [-0.25, -0.2) is 0 Å². The second kappa shape index (κ2) is 8.38. The maximum Gasteiger partial charge on any atom is 0.0917 e. The third kappa shape index (κ3) is 4.63. The quantitative estimate of drug-likeness (QED) is 0.885. The van der Waals surface area contributed by atoms with E-state index in [0.29, 0.717) is 12.6 Å². The topological polar surface area (TPSA) is 39.6 Å². The molecule has 0 amide bonds. The Morgan fingerprint density at radius 2 is 1.92 bits per heavy atom. The van der Waals surface area contributed by atoms with Gasteiger partial charge in [-0.05, 0) is 24.6 Å². The molecule has 2 atom stereocenters. The van der Waals surface area contributed by atoms with Gasteiger partial charge in [0, 0.05) is 57.1 Å². The predicted octanol–water partition coefficient (Wildman–Crippen LogP) is 2.36. The van der Waals surface area contributed by atoms with E-state index in [-0.39, 0.29) is 0 Å². The number of β-amino-alcohol motifs (C(OH)–C–C–N with tert-alkyl or cyclic N) is 1. The van der Waals surface area contributed by atoms with Gasteiger partial charge in [0.2, 0.25) is 0 Å². The van der Waals surface area contributed by atoms with Gasteiger partial charge >= 0.3 is 0 Å². The van der Waals surface area contributed by atoms with Gasteiger partial charge in [-0.15, -0.1) is 0 Å². The summed E-state index contributed by atoms with van der Waals surface area (Å²) in [4.78, 5) is 9.30. The predicted molar refractivity (Wildman–Crippen MR) is 96.8 cm³/mol. The molecule has 1 aliphatic heterocycles. The van der Waals surface area contributed by atoms with Crippen LogP contribution in [0.5, 0.6) is 0 Å². The molecule has 1 saturated heterocycles. The lowest BCUT2D eigenvalue weighted by Crippen LogP contribution is -2.53. The molecule has 2 heterocycles. The molecule has 1 fully saturated rings. The van der Waals surface area contributed by atoms with Crippen molar-refractivity contribution >= 4 is 0 Å². The molecule has 1 aliphatic rings. The van der Waals surface area contributed by atoms with Crippen molar-refractivity contribution in [3.8, 4) is 0 Å². The van der Waals surface area contributed by atoms with Gasteiger partial charge in [-0.3, -0.25) is 9.88 Å². The summed E-state index contributed by atoms with van der Waals surface area (Å²) in [6.45, 7) is 7.13. The first kappa shape index (κ1) is 17.1. The van der Waals surface area contributed by atoms with E-state index in [1.165, 1.54) is 0 Å². The molecule has 128 valence electrons. The Hall–Kier alpha value is -1.75. The smallest absolute Gasteiger partial charge is 0.0917 e. The number of piperazine rings is 1. The minimum atomic E-state index is -0.409. The first-order valence-corrected chi connectivity index (χ1v) is 8.81. The van der Waals surface area contributed by atoms with Crippen molar-refractivity contribution in [1.82, 2.24) is 14.8 Å². The van der Waals surface area contributed by atoms with Gasteiger partial charge in [0.15, 0.2) is 0 Å². The van der Waals surface area contributed by atoms with E-state index >= 15 is 0 Å². The van der Waals surface area contributed by atoms with Crippen LogP contribution in [0.25, 0.3) is 0 Å². The highest BCUT2D eigenvalue weighted by molar-refractivity contribution is 5.17. The lowest BCUT2D eigenvalue weighted by molar-refractivity contribution is 0.0392. The molecule has 0 saturated carbocycles. The van der Waals surface area contributed by atoms with E-state index in [1.54, 1.807) is 0 Å². The van der Waals surface area contributed by atoms with Crippen molar-refractivity contribution in [3.05, 3.63) is 66.0 Å². The molecule has 1 N–H and O–H groups in total. The van der Waals surface area contributed by atoms with Crippen molar-refractivity contribution < 1.29 is 5.11 Å². The third-order valence-electron chi connectivity index (χ3n) is 4.85. The van der Waals surface area contributed by atoms with Crippen molar-refractivity contribution in [2.75, 3.05) is 32.7 Å². The fourth-order valence-corrected chi connectivity index (χ4v) is 3.37. The number of hydrogen-bond acceptors (Lipinski definition) is 4. The molecule has 0 spiro atoms. The van der Waals surface area contributed by atoms with E-state index in [2.05, 4.69) is 27.8 Å². The number of aliphatic hydroxyl groups excluding tert-OH is 1. The molecule has 1 aromatic heterocycles. The van der Waals surface area contributed by atoms with Crippen LogP contribution in [0.3, 0.4) is 0 Å². The van der Waals surface area contributed by atoms with Crippen molar-refractivity contribution in [1.29, 1.82) is 0 Å². The van der Waals surface area contributed by atoms with Crippen LogP contribution in [0, 0.1) is 0 Å². The summed E-state index contributed by atoms with van der Waals surface area (Å²) in [5.41, 5.74) is 2.16. The van der Waals surface area contributed by atoms with Gasteiger partial charge < -0.3 is 10.0 Å². The Morgan fingerprint density at radius 3 is 2.62 bits per heavy atom. The first-order valence-electron chi connectivity index (χ1n) is 8.81. The van der Waals surface area contributed by atoms with E-state index < -0.39 is 6.10 Å². The summed E-state index contributed by atoms with van der Waals surface area (Å²) in [7, 11) is 0. The summed E-state index contributed by atoms with van der Waals surface area (Å²) in [5, 5.41) is 10.4. The molecular weight excluding hydrogens is 298 g/mol. The number of pyridine rings is 1. The zero-order valence-corrected chi connectivity index (χ0v) is 14.4. The molecule has 0 radical (unpaired) electrons. The molecule has 0 bridgehead atoms. The Morgan fingerprint density at radius 1 is 1.12 bits per heavy atom. The largest absolute Gasteiger partial charge is 0.387 e. The fraction of sp³-hybridized carbons (Fsp3) is 0.450. The van der Waals surface area contributed by atoms with Gasteiger partial charge in [0.25, 0.3) is 0 Å². The Kier molecular flexibility index (Phi) is 5.96. The molecular formula is C20H27N3O. The molecule has 1 aromatic carbocycles. The minimum absolute atomic E-state index is 0.409. The zero-order valence-electron chi connectivity index (χ0n) is 14.4. The highest BCUT2D eigenvalue weighted by atomic mass is 16.3. The fourth-order valence-electron chi connectivity index (χ4n) is 3.37. The van der Waals surface area contributed by atoms with E-state index in [9.17, 15) is 5.11 Å². The Bertz CT molecular complexity index is 605. The normalized spacial score (nSPS) is 20.8. The molecule has 2 aromatic rings. The average molecular weight is 325 g/mol. The first-order chi connectivity index (χ1) is 11.7. The van der Waals surface area contributed by atoms with E-state index in [1.807, 2.05) is 48.7 Å². The number of rotatable bonds is 6. The van der Waals surface area contributed by atoms with Gasteiger partial charge in [-0.1, -0.05) is 36.4 Å². The number of aromatic nitrogens is 1. The number of hydrogen-bond donors (Lipinski definition) is 1. The van der Waals surface area contributed by atoms with Crippen molar-refractivity contribution in [2.45, 2.75) is 25.5 Å². The van der Waals surface area contributed by atoms with Gasteiger partial charge in [0.05, 0.1) is 6.10 Å². The van der Waals surface area contributed by atoms with E-state index in [0.717, 1.165) is 43.9 Å². The molecule has 3 rings (SSSR count). The third-order valence-corrected chi connectivity index (χ3v) is 4.85. The summed E-state index contributed by atoms with van der Waals surface area (Å²) >= 11 is 0. The van der Waals surface area contributed by atoms with E-state index in [4.69, 9.17) is 0 Å². The summed E-state index contributed by atoms with van der Waals surface area (Å²) in [6, 6.07) is 16.5. The number of aliphatic hydroxyl groups is 1. The SMILES string of the molecule is CC1CN(CCc2ccccn2)CCN1CC(O)c1ccccc1. The molecule has 4 nitrogen and oxygen atoms in total. The standard InChI is InChI=1S/C20H27N3O/c1-17-15-22(12-10-19-9-5-6-11-21-19)13-14-23(17)16-20(24)18-7-3-2-4-8-18/h2-9,11,17,20,24H,10,12-16H2,1H3. The van der Waals surface area contributed by atoms with Crippen LogP contribution in [0.2, 0.25) is 0 Å². The van der Waals surface area contributed by atoms with Crippen LogP contribution in [0.15, 0.2) is 54.7 Å². The number of nitrogens with zero attached hydrogens (tertiary/aromatic N) is 3. The minimum Gasteiger partial charge on any atom is -0.387 e. The lowest BCUT2D eigenvalue weighted by atomic mass is 10.1. The van der Waals surface area contributed by atoms with Crippen LogP contribution >= 0.6 is 0 Å². The second-order valence-corrected chi connectivity index (χ2v) is 6.64. The summed E-state index contributed by atoms with van der Waals surface area (Å²) < 4.78 is 0. The zero-order chi connectivity index (χ0) is 16.8. The maximum atomic E-state index is 10.4. The Balaban J connectivity index is 1.46. The van der Waals surface area contributed by atoms with Crippen LogP contribution in [-0.4, -0.2) is 58.7 Å². The van der Waals surface area contributed by atoms with Gasteiger partial charge in [-0.2, -0.15) is 0 Å². The molecule has 24 heavy (non-hydrogen) atoms. The molecule has 4 heteroatoms. The summed E-state index contributed by atoms with van der Waals surface area (Å²) in [5.74, 6) is 0. The number of benzene rings is 1. The molecule has 0 aliphatic carbocycles. The van der Waals surface area contributed by atoms with Gasteiger partial charge in [0.1, 0.15) is 0 Å². The lowest BCUT2D eigenvalue weighted by Gasteiger charge is -2.40. The van der Waals surface area contributed by atoms with Crippen LogP contribution in [-0.2, 0) is 6.42 Å². The van der Waals surface area contributed by atoms with Crippen LogP contribution in [0.4, 0.5) is 0 Å².